The number of hydrogen-bond donors (Lipinski definition) is 1. The molecule has 1 aromatic carbocycles. The molecule has 0 fully saturated rings. The van der Waals surface area contributed by atoms with Gasteiger partial charge in [-0.1, -0.05) is 6.07 Å². The van der Waals surface area contributed by atoms with Gasteiger partial charge in [-0.2, -0.15) is 0 Å². The van der Waals surface area contributed by atoms with Gasteiger partial charge in [-0.25, -0.2) is 13.2 Å². The zero-order chi connectivity index (χ0) is 11.6. The van der Waals surface area contributed by atoms with Gasteiger partial charge in [0.2, 0.25) is 0 Å². The molecule has 1 rings (SSSR count). The second-order valence-corrected chi connectivity index (χ2v) is 4.44. The average molecular weight is 217 g/mol. The molecule has 0 aliphatic carbocycles. The molecule has 1 nitrogen and oxygen atoms in total. The van der Waals surface area contributed by atoms with E-state index in [-0.39, 0.29) is 17.6 Å². The summed E-state index contributed by atoms with van der Waals surface area (Å²) < 4.78 is 38.6. The summed E-state index contributed by atoms with van der Waals surface area (Å²) in [5, 5.41) is 3.00. The summed E-state index contributed by atoms with van der Waals surface area (Å²) in [7, 11) is 0. The fourth-order valence-corrected chi connectivity index (χ4v) is 1.06. The summed E-state index contributed by atoms with van der Waals surface area (Å²) in [6.07, 6.45) is 0. The largest absolute Gasteiger partial charge is 0.308 e. The predicted octanol–water partition coefficient (Wildman–Crippen LogP) is 2.99. The molecule has 0 radical (unpaired) electrons. The maximum absolute atomic E-state index is 13.2. The van der Waals surface area contributed by atoms with Crippen LogP contribution in [0.4, 0.5) is 13.2 Å². The first-order valence-corrected chi connectivity index (χ1v) is 4.68. The second kappa shape index (κ2) is 4.23. The smallest absolute Gasteiger partial charge is 0.194 e. The topological polar surface area (TPSA) is 12.0 Å². The van der Waals surface area contributed by atoms with Crippen LogP contribution in [0.3, 0.4) is 0 Å². The molecule has 0 aliphatic heterocycles. The minimum Gasteiger partial charge on any atom is -0.308 e. The lowest BCUT2D eigenvalue weighted by atomic mass is 10.1. The summed E-state index contributed by atoms with van der Waals surface area (Å²) in [6.45, 7) is 5.90. The van der Waals surface area contributed by atoms with Crippen molar-refractivity contribution in [3.05, 3.63) is 35.1 Å². The molecule has 0 aliphatic rings. The number of rotatable bonds is 2. The van der Waals surface area contributed by atoms with Crippen LogP contribution >= 0.6 is 0 Å². The molecule has 0 spiro atoms. The molecule has 4 heteroatoms. The molecule has 0 saturated carbocycles. The third kappa shape index (κ3) is 3.23. The Hall–Kier alpha value is -1.03. The number of benzene rings is 1. The summed E-state index contributed by atoms with van der Waals surface area (Å²) in [5.74, 6) is -3.69. The van der Waals surface area contributed by atoms with Crippen LogP contribution in [-0.4, -0.2) is 5.54 Å². The normalized spacial score (nSPS) is 11.9. The summed E-state index contributed by atoms with van der Waals surface area (Å²) in [6, 6.07) is 2.17. The van der Waals surface area contributed by atoms with Gasteiger partial charge in [-0.05, 0) is 26.8 Å². The first-order valence-electron chi connectivity index (χ1n) is 4.68. The molecule has 0 heterocycles. The van der Waals surface area contributed by atoms with Gasteiger partial charge in [0.15, 0.2) is 17.5 Å². The standard InChI is InChI=1S/C11H14F3N/c1-11(2,3)15-6-7-4-5-8(12)10(14)9(7)13/h4-5,15H,6H2,1-3H3. The highest BCUT2D eigenvalue weighted by atomic mass is 19.2. The van der Waals surface area contributed by atoms with E-state index in [1.165, 1.54) is 6.07 Å². The van der Waals surface area contributed by atoms with E-state index in [4.69, 9.17) is 0 Å². The van der Waals surface area contributed by atoms with E-state index >= 15 is 0 Å². The number of halogens is 3. The Morgan fingerprint density at radius 3 is 2.20 bits per heavy atom. The molecular weight excluding hydrogens is 203 g/mol. The lowest BCUT2D eigenvalue weighted by Crippen LogP contribution is -2.35. The van der Waals surface area contributed by atoms with E-state index < -0.39 is 17.5 Å². The SMILES string of the molecule is CC(C)(C)NCc1ccc(F)c(F)c1F. The third-order valence-corrected chi connectivity index (χ3v) is 1.92. The van der Waals surface area contributed by atoms with Crippen LogP contribution in [0.25, 0.3) is 0 Å². The van der Waals surface area contributed by atoms with Crippen molar-refractivity contribution in [1.29, 1.82) is 0 Å². The van der Waals surface area contributed by atoms with E-state index in [1.54, 1.807) is 0 Å². The summed E-state index contributed by atoms with van der Waals surface area (Å²) in [4.78, 5) is 0. The number of hydrogen-bond acceptors (Lipinski definition) is 1. The third-order valence-electron chi connectivity index (χ3n) is 1.92. The van der Waals surface area contributed by atoms with Crippen molar-refractivity contribution in [2.45, 2.75) is 32.9 Å². The Labute approximate surface area is 87.3 Å². The van der Waals surface area contributed by atoms with E-state index in [1.807, 2.05) is 20.8 Å². The van der Waals surface area contributed by atoms with Gasteiger partial charge in [0.05, 0.1) is 0 Å². The molecular formula is C11H14F3N. The van der Waals surface area contributed by atoms with Crippen LogP contribution in [0.1, 0.15) is 26.3 Å². The zero-order valence-electron chi connectivity index (χ0n) is 9.00. The number of nitrogens with one attached hydrogen (secondary N) is 1. The molecule has 0 unspecified atom stereocenters. The summed E-state index contributed by atoms with van der Waals surface area (Å²) >= 11 is 0. The van der Waals surface area contributed by atoms with Crippen LogP contribution in [-0.2, 0) is 6.54 Å². The van der Waals surface area contributed by atoms with Gasteiger partial charge in [0, 0.05) is 17.6 Å². The van der Waals surface area contributed by atoms with E-state index in [9.17, 15) is 13.2 Å². The summed E-state index contributed by atoms with van der Waals surface area (Å²) in [5.41, 5.74) is -0.0686. The van der Waals surface area contributed by atoms with Crippen molar-refractivity contribution in [2.24, 2.45) is 0 Å². The molecule has 0 bridgehead atoms. The van der Waals surface area contributed by atoms with Crippen molar-refractivity contribution in [1.82, 2.24) is 5.32 Å². The van der Waals surface area contributed by atoms with Crippen molar-refractivity contribution in [2.75, 3.05) is 0 Å². The highest BCUT2D eigenvalue weighted by molar-refractivity contribution is 5.20. The Bertz CT molecular complexity index is 356. The van der Waals surface area contributed by atoms with Gasteiger partial charge in [-0.15, -0.1) is 0 Å². The maximum atomic E-state index is 13.2. The van der Waals surface area contributed by atoms with Crippen molar-refractivity contribution in [3.63, 3.8) is 0 Å². The minimum absolute atomic E-state index is 0.129. The van der Waals surface area contributed by atoms with Gasteiger partial charge in [0.25, 0.3) is 0 Å². The lowest BCUT2D eigenvalue weighted by molar-refractivity contribution is 0.404. The van der Waals surface area contributed by atoms with Crippen LogP contribution in [0.15, 0.2) is 12.1 Å². The molecule has 0 aromatic heterocycles. The van der Waals surface area contributed by atoms with Crippen molar-refractivity contribution in [3.8, 4) is 0 Å². The monoisotopic (exact) mass is 217 g/mol. The maximum Gasteiger partial charge on any atom is 0.194 e. The van der Waals surface area contributed by atoms with E-state index in [2.05, 4.69) is 5.32 Å². The Morgan fingerprint density at radius 1 is 1.07 bits per heavy atom. The van der Waals surface area contributed by atoms with E-state index in [0.29, 0.717) is 0 Å². The van der Waals surface area contributed by atoms with E-state index in [0.717, 1.165) is 6.07 Å². The average Bonchev–Trinajstić information content (AvgIpc) is 2.12. The van der Waals surface area contributed by atoms with Crippen LogP contribution < -0.4 is 5.32 Å². The Morgan fingerprint density at radius 2 is 1.67 bits per heavy atom. The quantitative estimate of drug-likeness (QED) is 0.751. The first kappa shape index (κ1) is 12.0. The highest BCUT2D eigenvalue weighted by Crippen LogP contribution is 2.15. The molecule has 0 amide bonds. The minimum atomic E-state index is -1.41. The first-order chi connectivity index (χ1) is 6.81. The van der Waals surface area contributed by atoms with Crippen molar-refractivity contribution < 1.29 is 13.2 Å². The molecule has 15 heavy (non-hydrogen) atoms. The van der Waals surface area contributed by atoms with Gasteiger partial charge in [-0.3, -0.25) is 0 Å². The Kier molecular flexibility index (Phi) is 3.39. The lowest BCUT2D eigenvalue weighted by Gasteiger charge is -2.20. The molecule has 0 saturated heterocycles. The molecule has 0 atom stereocenters. The Balaban J connectivity index is 2.83. The van der Waals surface area contributed by atoms with Gasteiger partial charge in [0.1, 0.15) is 0 Å². The predicted molar refractivity (Wildman–Crippen MR) is 52.9 cm³/mol. The molecule has 1 aromatic rings. The van der Waals surface area contributed by atoms with Gasteiger partial charge >= 0.3 is 0 Å². The molecule has 84 valence electrons. The fourth-order valence-electron chi connectivity index (χ4n) is 1.06. The van der Waals surface area contributed by atoms with Crippen LogP contribution in [0.2, 0.25) is 0 Å². The van der Waals surface area contributed by atoms with Crippen LogP contribution in [0.5, 0.6) is 0 Å². The zero-order valence-corrected chi connectivity index (χ0v) is 9.00. The van der Waals surface area contributed by atoms with Crippen LogP contribution in [0, 0.1) is 17.5 Å². The van der Waals surface area contributed by atoms with Crippen molar-refractivity contribution >= 4 is 0 Å². The molecule has 1 N–H and O–H groups in total. The highest BCUT2D eigenvalue weighted by Gasteiger charge is 2.15. The fraction of sp³-hybridized carbons (Fsp3) is 0.455. The second-order valence-electron chi connectivity index (χ2n) is 4.44. The van der Waals surface area contributed by atoms with Gasteiger partial charge < -0.3 is 5.32 Å².